The molecule has 1 aliphatic heterocycles. The highest BCUT2D eigenvalue weighted by Crippen LogP contribution is 2.25. The summed E-state index contributed by atoms with van der Waals surface area (Å²) in [7, 11) is 0. The van der Waals surface area contributed by atoms with E-state index in [1.165, 1.54) is 5.69 Å². The third kappa shape index (κ3) is 4.62. The maximum Gasteiger partial charge on any atom is 0.197 e. The topological polar surface area (TPSA) is 61.0 Å². The first-order valence-corrected chi connectivity index (χ1v) is 9.04. The van der Waals surface area contributed by atoms with Crippen LogP contribution in [0.25, 0.3) is 5.57 Å². The fourth-order valence-corrected chi connectivity index (χ4v) is 2.85. The normalized spacial score (nSPS) is 13.5. The van der Waals surface area contributed by atoms with Crippen LogP contribution in [0.1, 0.15) is 19.4 Å². The summed E-state index contributed by atoms with van der Waals surface area (Å²) >= 11 is 0. The van der Waals surface area contributed by atoms with E-state index in [4.69, 9.17) is 10.00 Å². The van der Waals surface area contributed by atoms with Gasteiger partial charge < -0.3 is 9.64 Å². The van der Waals surface area contributed by atoms with Crippen molar-refractivity contribution in [1.82, 2.24) is 0 Å². The van der Waals surface area contributed by atoms with Gasteiger partial charge in [0.1, 0.15) is 12.7 Å². The number of ether oxygens (including phenoxy) is 1. The molecule has 0 bridgehead atoms. The van der Waals surface area contributed by atoms with Crippen LogP contribution in [0.5, 0.6) is 0 Å². The van der Waals surface area contributed by atoms with Crippen LogP contribution in [-0.4, -0.2) is 19.7 Å². The smallest absolute Gasteiger partial charge is 0.197 e. The molecule has 0 spiro atoms. The lowest BCUT2D eigenvalue weighted by molar-refractivity contribution is 0.267. The van der Waals surface area contributed by atoms with Gasteiger partial charge in [0.2, 0.25) is 0 Å². The molecule has 0 fully saturated rings. The van der Waals surface area contributed by atoms with Crippen molar-refractivity contribution in [3.8, 4) is 6.07 Å². The zero-order valence-corrected chi connectivity index (χ0v) is 15.6. The number of hydrogen-bond acceptors (Lipinski definition) is 5. The molecule has 0 aliphatic carbocycles. The van der Waals surface area contributed by atoms with E-state index in [-0.39, 0.29) is 0 Å². The molecular weight excluding hydrogens is 336 g/mol. The van der Waals surface area contributed by atoms with Crippen molar-refractivity contribution in [2.24, 2.45) is 10.2 Å². The first-order chi connectivity index (χ1) is 13.2. The highest BCUT2D eigenvalue weighted by atomic mass is 16.5. The Balaban J connectivity index is 1.67. The molecule has 0 aromatic heterocycles. The minimum Gasteiger partial charge on any atom is -0.479 e. The van der Waals surface area contributed by atoms with Crippen molar-refractivity contribution in [3.05, 3.63) is 72.0 Å². The summed E-state index contributed by atoms with van der Waals surface area (Å²) in [6.07, 6.45) is 3.60. The molecule has 0 radical (unpaired) electrons. The standard InChI is InChI=1S/C22H22N4O/c1-3-26(4-2)21-12-10-20(11-13-21)25-24-19-8-5-17(6-9-19)18-7-14-22(15-23)27-16-18/h5-14H,3-4,16H2,1-2H3. The van der Waals surface area contributed by atoms with E-state index < -0.39 is 0 Å². The average Bonchev–Trinajstić information content (AvgIpc) is 2.74. The lowest BCUT2D eigenvalue weighted by Crippen LogP contribution is -2.21. The van der Waals surface area contributed by atoms with Crippen molar-refractivity contribution in [3.63, 3.8) is 0 Å². The molecule has 136 valence electrons. The SMILES string of the molecule is CCN(CC)c1ccc(N=Nc2ccc(C3=CC=C(C#N)OC3)cc2)cc1. The van der Waals surface area contributed by atoms with E-state index in [1.54, 1.807) is 6.08 Å². The van der Waals surface area contributed by atoms with Crippen molar-refractivity contribution in [2.45, 2.75) is 13.8 Å². The monoisotopic (exact) mass is 358 g/mol. The minimum atomic E-state index is 0.344. The first-order valence-electron chi connectivity index (χ1n) is 9.04. The third-order valence-electron chi connectivity index (χ3n) is 4.43. The van der Waals surface area contributed by atoms with E-state index in [0.29, 0.717) is 12.4 Å². The number of nitriles is 1. The van der Waals surface area contributed by atoms with Crippen LogP contribution < -0.4 is 4.90 Å². The minimum absolute atomic E-state index is 0.344. The Kier molecular flexibility index (Phi) is 6.01. The number of nitrogens with zero attached hydrogens (tertiary/aromatic N) is 4. The Morgan fingerprint density at radius 1 is 0.926 bits per heavy atom. The molecule has 1 heterocycles. The van der Waals surface area contributed by atoms with Crippen LogP contribution in [-0.2, 0) is 4.74 Å². The zero-order chi connectivity index (χ0) is 19.1. The van der Waals surface area contributed by atoms with Crippen molar-refractivity contribution >= 4 is 22.6 Å². The van der Waals surface area contributed by atoms with Crippen molar-refractivity contribution < 1.29 is 4.74 Å². The summed E-state index contributed by atoms with van der Waals surface area (Å²) < 4.78 is 5.36. The van der Waals surface area contributed by atoms with Crippen LogP contribution in [0.4, 0.5) is 17.1 Å². The number of anilines is 1. The van der Waals surface area contributed by atoms with Crippen LogP contribution in [0.3, 0.4) is 0 Å². The van der Waals surface area contributed by atoms with E-state index in [1.807, 2.05) is 48.5 Å². The summed E-state index contributed by atoms with van der Waals surface area (Å²) in [4.78, 5) is 2.29. The Morgan fingerprint density at radius 3 is 2.00 bits per heavy atom. The molecule has 1 aliphatic rings. The molecule has 0 atom stereocenters. The fraction of sp³-hybridized carbons (Fsp3) is 0.227. The third-order valence-corrected chi connectivity index (χ3v) is 4.43. The zero-order valence-electron chi connectivity index (χ0n) is 15.6. The Hall–Kier alpha value is -3.39. The molecule has 3 rings (SSSR count). The largest absolute Gasteiger partial charge is 0.479 e. The van der Waals surface area contributed by atoms with Gasteiger partial charge in [0.15, 0.2) is 5.76 Å². The molecule has 0 N–H and O–H groups in total. The predicted molar refractivity (Wildman–Crippen MR) is 108 cm³/mol. The number of hydrogen-bond donors (Lipinski definition) is 0. The molecule has 0 saturated heterocycles. The second-order valence-corrected chi connectivity index (χ2v) is 6.06. The molecule has 5 heteroatoms. The Morgan fingerprint density at radius 2 is 1.52 bits per heavy atom. The molecule has 2 aromatic carbocycles. The van der Waals surface area contributed by atoms with Gasteiger partial charge in [0.25, 0.3) is 0 Å². The lowest BCUT2D eigenvalue weighted by atomic mass is 10.0. The number of allylic oxidation sites excluding steroid dienone is 3. The second kappa shape index (κ2) is 8.81. The summed E-state index contributed by atoms with van der Waals surface area (Å²) in [5.74, 6) is 0.344. The maximum absolute atomic E-state index is 8.81. The van der Waals surface area contributed by atoms with Gasteiger partial charge in [-0.3, -0.25) is 0 Å². The maximum atomic E-state index is 8.81. The lowest BCUT2D eigenvalue weighted by Gasteiger charge is -2.20. The number of benzene rings is 2. The second-order valence-electron chi connectivity index (χ2n) is 6.06. The summed E-state index contributed by atoms with van der Waals surface area (Å²) in [5.41, 5.74) is 4.89. The molecule has 0 amide bonds. The number of azo groups is 1. The predicted octanol–water partition coefficient (Wildman–Crippen LogP) is 5.77. The van der Waals surface area contributed by atoms with Gasteiger partial charge >= 0.3 is 0 Å². The fourth-order valence-electron chi connectivity index (χ4n) is 2.85. The van der Waals surface area contributed by atoms with Gasteiger partial charge in [0.05, 0.1) is 11.4 Å². The van der Waals surface area contributed by atoms with Crippen LogP contribution >= 0.6 is 0 Å². The molecule has 5 nitrogen and oxygen atoms in total. The molecule has 0 saturated carbocycles. The van der Waals surface area contributed by atoms with Gasteiger partial charge in [-0.2, -0.15) is 15.5 Å². The van der Waals surface area contributed by atoms with Crippen molar-refractivity contribution in [2.75, 3.05) is 24.6 Å². The quantitative estimate of drug-likeness (QED) is 0.616. The van der Waals surface area contributed by atoms with Gasteiger partial charge in [-0.25, -0.2) is 0 Å². The van der Waals surface area contributed by atoms with E-state index >= 15 is 0 Å². The molecule has 0 unspecified atom stereocenters. The summed E-state index contributed by atoms with van der Waals surface area (Å²) in [6, 6.07) is 17.9. The molecular formula is C22H22N4O. The van der Waals surface area contributed by atoms with Crippen molar-refractivity contribution in [1.29, 1.82) is 5.26 Å². The van der Waals surface area contributed by atoms with Gasteiger partial charge in [0, 0.05) is 18.8 Å². The first kappa shape index (κ1) is 18.4. The van der Waals surface area contributed by atoms with Gasteiger partial charge in [-0.05, 0) is 67.5 Å². The van der Waals surface area contributed by atoms with Gasteiger partial charge in [-0.15, -0.1) is 0 Å². The van der Waals surface area contributed by atoms with E-state index in [9.17, 15) is 0 Å². The summed E-state index contributed by atoms with van der Waals surface area (Å²) in [6.45, 7) is 6.67. The van der Waals surface area contributed by atoms with E-state index in [0.717, 1.165) is 35.6 Å². The molecule has 27 heavy (non-hydrogen) atoms. The highest BCUT2D eigenvalue weighted by Gasteiger charge is 2.08. The van der Waals surface area contributed by atoms with Gasteiger partial charge in [-0.1, -0.05) is 18.2 Å². The highest BCUT2D eigenvalue weighted by molar-refractivity contribution is 5.70. The number of rotatable bonds is 6. The average molecular weight is 358 g/mol. The Bertz CT molecular complexity index is 899. The Labute approximate surface area is 159 Å². The molecule has 2 aromatic rings. The van der Waals surface area contributed by atoms with Crippen LogP contribution in [0.2, 0.25) is 0 Å². The summed E-state index contributed by atoms with van der Waals surface area (Å²) in [5, 5.41) is 17.4. The van der Waals surface area contributed by atoms with Crippen LogP contribution in [0, 0.1) is 11.3 Å². The van der Waals surface area contributed by atoms with Crippen LogP contribution in [0.15, 0.2) is 76.7 Å². The van der Waals surface area contributed by atoms with E-state index in [2.05, 4.69) is 41.1 Å².